The van der Waals surface area contributed by atoms with Crippen LogP contribution < -0.4 is 0 Å². The molecule has 4 rings (SSSR count). The van der Waals surface area contributed by atoms with Gasteiger partial charge in [0.15, 0.2) is 5.65 Å². The van der Waals surface area contributed by atoms with Crippen LogP contribution in [0, 0.1) is 18.8 Å². The molecule has 1 aliphatic carbocycles. The Hall–Kier alpha value is -2.16. The lowest BCUT2D eigenvalue weighted by Gasteiger charge is -2.41. The topological polar surface area (TPSA) is 70.7 Å². The minimum atomic E-state index is -4.61. The van der Waals surface area contributed by atoms with Crippen LogP contribution >= 0.6 is 0 Å². The number of hydrogen-bond acceptors (Lipinski definition) is 4. The molecule has 1 aliphatic heterocycles. The standard InChI is InChI=1S/C18H21F3N4O2/c1-10-8-24(9-17(10,27)12-4-3-5-12)16(26)13-7-22-25-14(18(19,20)21)6-11(2)23-15(13)25/h6-7,10,12,27H,3-5,8-9H2,1-2H3/t10-,17+/m1/s1. The summed E-state index contributed by atoms with van der Waals surface area (Å²) >= 11 is 0. The van der Waals surface area contributed by atoms with Crippen LogP contribution in [0.1, 0.15) is 47.9 Å². The molecule has 0 unspecified atom stereocenters. The molecule has 2 aromatic rings. The number of rotatable bonds is 2. The van der Waals surface area contributed by atoms with Crippen LogP contribution in [0.15, 0.2) is 12.3 Å². The maximum Gasteiger partial charge on any atom is 0.433 e. The molecule has 0 bridgehead atoms. The van der Waals surface area contributed by atoms with E-state index in [-0.39, 0.29) is 35.3 Å². The second kappa shape index (κ2) is 5.92. The van der Waals surface area contributed by atoms with E-state index in [2.05, 4.69) is 10.1 Å². The van der Waals surface area contributed by atoms with E-state index < -0.39 is 23.4 Å². The second-order valence-corrected chi connectivity index (χ2v) is 7.78. The number of β-amino-alcohol motifs (C(OH)–C–C–N with tert-alkyl or cyclic N) is 1. The Labute approximate surface area is 154 Å². The highest BCUT2D eigenvalue weighted by molar-refractivity contribution is 6.00. The van der Waals surface area contributed by atoms with E-state index in [9.17, 15) is 23.1 Å². The Morgan fingerprint density at radius 1 is 1.37 bits per heavy atom. The first-order valence-electron chi connectivity index (χ1n) is 9.05. The smallest absolute Gasteiger partial charge is 0.387 e. The summed E-state index contributed by atoms with van der Waals surface area (Å²) in [4.78, 5) is 18.6. The molecule has 1 saturated heterocycles. The molecule has 27 heavy (non-hydrogen) atoms. The Morgan fingerprint density at radius 3 is 2.67 bits per heavy atom. The van der Waals surface area contributed by atoms with Gasteiger partial charge < -0.3 is 10.0 Å². The summed E-state index contributed by atoms with van der Waals surface area (Å²) in [6.45, 7) is 3.91. The Balaban J connectivity index is 1.69. The zero-order chi connectivity index (χ0) is 19.6. The number of halogens is 3. The van der Waals surface area contributed by atoms with Crippen LogP contribution in [-0.2, 0) is 6.18 Å². The van der Waals surface area contributed by atoms with E-state index in [0.29, 0.717) is 11.1 Å². The highest BCUT2D eigenvalue weighted by Gasteiger charge is 2.51. The highest BCUT2D eigenvalue weighted by atomic mass is 19.4. The average Bonchev–Trinajstić information content (AvgIpc) is 3.05. The fraction of sp³-hybridized carbons (Fsp3) is 0.611. The van der Waals surface area contributed by atoms with Crippen molar-refractivity contribution in [2.45, 2.75) is 44.9 Å². The third-order valence-corrected chi connectivity index (χ3v) is 6.01. The van der Waals surface area contributed by atoms with Crippen LogP contribution in [0.3, 0.4) is 0 Å². The van der Waals surface area contributed by atoms with Crippen molar-refractivity contribution in [1.29, 1.82) is 0 Å². The summed E-state index contributed by atoms with van der Waals surface area (Å²) in [6, 6.07) is 0.904. The third-order valence-electron chi connectivity index (χ3n) is 6.01. The zero-order valence-electron chi connectivity index (χ0n) is 15.1. The zero-order valence-corrected chi connectivity index (χ0v) is 15.1. The van der Waals surface area contributed by atoms with Crippen molar-refractivity contribution in [3.63, 3.8) is 0 Å². The van der Waals surface area contributed by atoms with Crippen LogP contribution in [0.4, 0.5) is 13.2 Å². The molecule has 2 aliphatic rings. The predicted octanol–water partition coefficient (Wildman–Crippen LogP) is 2.68. The van der Waals surface area contributed by atoms with Crippen molar-refractivity contribution in [1.82, 2.24) is 19.5 Å². The van der Waals surface area contributed by atoms with Gasteiger partial charge in [0.1, 0.15) is 11.3 Å². The first-order valence-corrected chi connectivity index (χ1v) is 9.05. The van der Waals surface area contributed by atoms with E-state index in [1.54, 1.807) is 0 Å². The number of amides is 1. The molecule has 146 valence electrons. The number of likely N-dealkylation sites (tertiary alicyclic amines) is 1. The maximum absolute atomic E-state index is 13.3. The van der Waals surface area contributed by atoms with Gasteiger partial charge in [-0.3, -0.25) is 4.79 Å². The monoisotopic (exact) mass is 382 g/mol. The molecule has 0 spiro atoms. The van der Waals surface area contributed by atoms with Gasteiger partial charge in [-0.2, -0.15) is 18.3 Å². The minimum absolute atomic E-state index is 0.0225. The lowest BCUT2D eigenvalue weighted by Crippen LogP contribution is -2.48. The second-order valence-electron chi connectivity index (χ2n) is 7.78. The summed E-state index contributed by atoms with van der Waals surface area (Å²) in [7, 11) is 0. The first-order chi connectivity index (χ1) is 12.6. The maximum atomic E-state index is 13.3. The number of carbonyl (C=O) groups excluding carboxylic acids is 1. The van der Waals surface area contributed by atoms with Gasteiger partial charge in [0.05, 0.1) is 18.3 Å². The van der Waals surface area contributed by atoms with Gasteiger partial charge in [0.2, 0.25) is 0 Å². The van der Waals surface area contributed by atoms with Crippen LogP contribution in [0.25, 0.3) is 5.65 Å². The van der Waals surface area contributed by atoms with Gasteiger partial charge in [0, 0.05) is 18.2 Å². The summed E-state index contributed by atoms with van der Waals surface area (Å²) in [6.07, 6.45) is -0.523. The molecule has 1 N–H and O–H groups in total. The van der Waals surface area contributed by atoms with Crippen molar-refractivity contribution in [3.8, 4) is 0 Å². The van der Waals surface area contributed by atoms with E-state index in [0.717, 1.165) is 31.5 Å². The summed E-state index contributed by atoms with van der Waals surface area (Å²) in [5, 5.41) is 14.8. The largest absolute Gasteiger partial charge is 0.433 e. The molecule has 0 radical (unpaired) electrons. The summed E-state index contributed by atoms with van der Waals surface area (Å²) in [5.41, 5.74) is -1.83. The molecule has 2 atom stereocenters. The SMILES string of the molecule is Cc1cc(C(F)(F)F)n2ncc(C(=O)N3C[C@@H](C)[C@](O)(C4CCC4)C3)c2n1. The molecule has 1 saturated carbocycles. The van der Waals surface area contributed by atoms with E-state index >= 15 is 0 Å². The van der Waals surface area contributed by atoms with Crippen molar-refractivity contribution in [2.75, 3.05) is 13.1 Å². The molecule has 3 heterocycles. The van der Waals surface area contributed by atoms with Gasteiger partial charge in [-0.15, -0.1) is 0 Å². The predicted molar refractivity (Wildman–Crippen MR) is 90.1 cm³/mol. The fourth-order valence-corrected chi connectivity index (χ4v) is 4.22. The lowest BCUT2D eigenvalue weighted by molar-refractivity contribution is -0.142. The number of hydrogen-bond donors (Lipinski definition) is 1. The van der Waals surface area contributed by atoms with Gasteiger partial charge in [-0.1, -0.05) is 13.3 Å². The van der Waals surface area contributed by atoms with Crippen molar-refractivity contribution >= 4 is 11.6 Å². The van der Waals surface area contributed by atoms with Crippen molar-refractivity contribution < 1.29 is 23.1 Å². The number of nitrogens with zero attached hydrogens (tertiary/aromatic N) is 4. The Kier molecular flexibility index (Phi) is 3.99. The van der Waals surface area contributed by atoms with Crippen LogP contribution in [-0.4, -0.2) is 49.2 Å². The van der Waals surface area contributed by atoms with Gasteiger partial charge in [-0.05, 0) is 31.7 Å². The number of alkyl halides is 3. The normalized spacial score (nSPS) is 26.6. The Bertz CT molecular complexity index is 906. The lowest BCUT2D eigenvalue weighted by atomic mass is 9.69. The van der Waals surface area contributed by atoms with Gasteiger partial charge >= 0.3 is 6.18 Å². The third kappa shape index (κ3) is 2.79. The first kappa shape index (κ1) is 18.2. The quantitative estimate of drug-likeness (QED) is 0.867. The van der Waals surface area contributed by atoms with E-state index in [1.165, 1.54) is 11.8 Å². The van der Waals surface area contributed by atoms with Crippen molar-refractivity contribution in [2.24, 2.45) is 11.8 Å². The van der Waals surface area contributed by atoms with Gasteiger partial charge in [-0.25, -0.2) is 9.50 Å². The molecule has 1 amide bonds. The molecule has 2 aromatic heterocycles. The van der Waals surface area contributed by atoms with Crippen LogP contribution in [0.5, 0.6) is 0 Å². The summed E-state index contributed by atoms with van der Waals surface area (Å²) in [5.74, 6) is -0.362. The molecule has 9 heteroatoms. The molecular weight excluding hydrogens is 361 g/mol. The molecule has 0 aromatic carbocycles. The summed E-state index contributed by atoms with van der Waals surface area (Å²) < 4.78 is 40.5. The highest BCUT2D eigenvalue weighted by Crippen LogP contribution is 2.44. The van der Waals surface area contributed by atoms with E-state index in [1.807, 2.05) is 6.92 Å². The minimum Gasteiger partial charge on any atom is -0.387 e. The molecule has 6 nitrogen and oxygen atoms in total. The van der Waals surface area contributed by atoms with Gasteiger partial charge in [0.25, 0.3) is 5.91 Å². The molecular formula is C18H21F3N4O2. The fourth-order valence-electron chi connectivity index (χ4n) is 4.22. The average molecular weight is 382 g/mol. The van der Waals surface area contributed by atoms with Crippen molar-refractivity contribution in [3.05, 3.63) is 29.2 Å². The number of carbonyl (C=O) groups is 1. The van der Waals surface area contributed by atoms with Crippen LogP contribution in [0.2, 0.25) is 0 Å². The van der Waals surface area contributed by atoms with E-state index in [4.69, 9.17) is 0 Å². The molecule has 2 fully saturated rings. The number of aromatic nitrogens is 3. The number of aryl methyl sites for hydroxylation is 1. The number of aliphatic hydroxyl groups is 1. The Morgan fingerprint density at radius 2 is 2.07 bits per heavy atom. The number of fused-ring (bicyclic) bond motifs is 1.